The number of nitrogens with zero attached hydrogens (tertiary/aromatic N) is 4. The van der Waals surface area contributed by atoms with Crippen LogP contribution >= 0.6 is 11.8 Å². The molecule has 4 atom stereocenters. The van der Waals surface area contributed by atoms with E-state index in [2.05, 4.69) is 18.7 Å². The van der Waals surface area contributed by atoms with E-state index in [0.29, 0.717) is 37.4 Å². The average Bonchev–Trinajstić information content (AvgIpc) is 3.66. The van der Waals surface area contributed by atoms with Gasteiger partial charge in [0.05, 0.1) is 17.4 Å². The fourth-order valence-electron chi connectivity index (χ4n) is 7.82. The van der Waals surface area contributed by atoms with E-state index in [-0.39, 0.29) is 46.4 Å². The molecule has 11 heteroatoms. The van der Waals surface area contributed by atoms with Gasteiger partial charge >= 0.3 is 0 Å². The Balaban J connectivity index is 1.74. The third-order valence-electron chi connectivity index (χ3n) is 11.2. The summed E-state index contributed by atoms with van der Waals surface area (Å²) in [7, 11) is 1.72. The summed E-state index contributed by atoms with van der Waals surface area (Å²) in [4.78, 5) is 62.8. The van der Waals surface area contributed by atoms with Crippen LogP contribution in [0.15, 0.2) is 18.2 Å². The Morgan fingerprint density at radius 2 is 1.61 bits per heavy atom. The van der Waals surface area contributed by atoms with Gasteiger partial charge in [0.25, 0.3) is 0 Å². The normalized spacial score (nSPS) is 25.0. The monoisotopic (exact) mass is 704 g/mol. The highest BCUT2D eigenvalue weighted by atomic mass is 32.2. The molecule has 2 saturated heterocycles. The first-order valence-electron chi connectivity index (χ1n) is 17.9. The first kappa shape index (κ1) is 39.3. The minimum atomic E-state index is -0.843. The smallest absolute Gasteiger partial charge is 0.245 e. The lowest BCUT2D eigenvalue weighted by Crippen LogP contribution is -2.55. The van der Waals surface area contributed by atoms with Crippen molar-refractivity contribution in [1.82, 2.24) is 19.6 Å². The molecule has 49 heavy (non-hydrogen) atoms. The molecular weight excluding hydrogens is 647 g/mol. The van der Waals surface area contributed by atoms with Crippen molar-refractivity contribution in [2.45, 2.75) is 124 Å². The molecule has 2 heterocycles. The summed E-state index contributed by atoms with van der Waals surface area (Å²) in [6, 6.07) is 2.31. The van der Waals surface area contributed by atoms with Gasteiger partial charge in [-0.15, -0.1) is 0 Å². The predicted molar refractivity (Wildman–Crippen MR) is 191 cm³/mol. The molecule has 0 bridgehead atoms. The van der Waals surface area contributed by atoms with Gasteiger partial charge in [0, 0.05) is 69.5 Å². The van der Waals surface area contributed by atoms with Gasteiger partial charge in [0.1, 0.15) is 17.7 Å². The number of likely N-dealkylation sites (tertiary alicyclic amines) is 2. The van der Waals surface area contributed by atoms with Crippen molar-refractivity contribution < 1.29 is 28.0 Å². The number of rotatable bonds is 9. The minimum Gasteiger partial charge on any atom is -0.344 e. The van der Waals surface area contributed by atoms with E-state index in [1.807, 2.05) is 46.4 Å². The van der Waals surface area contributed by atoms with Crippen LogP contribution in [0.3, 0.4) is 0 Å². The average molecular weight is 705 g/mol. The molecule has 1 aliphatic carbocycles. The summed E-state index contributed by atoms with van der Waals surface area (Å²) in [6.45, 7) is 19.2. The van der Waals surface area contributed by atoms with E-state index >= 15 is 4.39 Å². The number of hydrogen-bond acceptors (Lipinski definition) is 6. The highest BCUT2D eigenvalue weighted by molar-refractivity contribution is 8.13. The summed E-state index contributed by atoms with van der Waals surface area (Å²) in [5.41, 5.74) is -0.694. The standard InChI is InChI=1S/C38H58F2N4O4S/c1-11-41(10)34(47)32-19-27(44(26-14-16-37(6,7)17-15-26)35(48)38(8,9)23-49-24(2)45)20-43(32)33(46)30-22-42(36(3,4)5)21-29(30)28-13-12-25(39)18-31(28)40/h12-13,18,26-27,29-30,32H,11,14-17,19-23H2,1-10H3/t27-,29-,30?,32-/m0/s1. The van der Waals surface area contributed by atoms with Crippen molar-refractivity contribution in [3.8, 4) is 0 Å². The number of benzene rings is 1. The van der Waals surface area contributed by atoms with E-state index in [9.17, 15) is 23.6 Å². The lowest BCUT2D eigenvalue weighted by molar-refractivity contribution is -0.147. The number of carbonyl (C=O) groups is 4. The third kappa shape index (κ3) is 8.86. The van der Waals surface area contributed by atoms with Crippen LogP contribution in [0.4, 0.5) is 8.78 Å². The molecule has 1 saturated carbocycles. The number of amides is 3. The van der Waals surface area contributed by atoms with Crippen LogP contribution in [0, 0.1) is 28.4 Å². The maximum Gasteiger partial charge on any atom is 0.245 e. The molecule has 4 rings (SSSR count). The highest BCUT2D eigenvalue weighted by Gasteiger charge is 2.52. The van der Waals surface area contributed by atoms with E-state index in [4.69, 9.17) is 0 Å². The predicted octanol–water partition coefficient (Wildman–Crippen LogP) is 6.33. The SMILES string of the molecule is CCN(C)C(=O)[C@@H]1C[C@H](N(C(=O)C(C)(C)CSC(C)=O)C2CCC(C)(C)CC2)CN1C(=O)C1CN(C(C)(C)C)C[C@H]1c1ccc(F)cc1F. The lowest BCUT2D eigenvalue weighted by Gasteiger charge is -2.45. The van der Waals surface area contributed by atoms with Crippen molar-refractivity contribution in [3.05, 3.63) is 35.4 Å². The van der Waals surface area contributed by atoms with E-state index < -0.39 is 41.0 Å². The van der Waals surface area contributed by atoms with Gasteiger partial charge in [-0.25, -0.2) is 8.78 Å². The molecule has 1 aromatic rings. The number of likely N-dealkylation sites (N-methyl/N-ethyl adjacent to an activating group) is 1. The fraction of sp³-hybridized carbons (Fsp3) is 0.737. The van der Waals surface area contributed by atoms with E-state index in [1.54, 1.807) is 16.8 Å². The lowest BCUT2D eigenvalue weighted by atomic mass is 9.74. The Labute approximate surface area is 296 Å². The number of thioether (sulfide) groups is 1. The van der Waals surface area contributed by atoms with E-state index in [1.165, 1.54) is 19.1 Å². The van der Waals surface area contributed by atoms with Crippen molar-refractivity contribution in [3.63, 3.8) is 0 Å². The molecule has 274 valence electrons. The van der Waals surface area contributed by atoms with Gasteiger partial charge in [0.15, 0.2) is 5.12 Å². The molecule has 3 fully saturated rings. The summed E-state index contributed by atoms with van der Waals surface area (Å²) < 4.78 is 29.3. The van der Waals surface area contributed by atoms with Crippen LogP contribution in [-0.4, -0.2) is 105 Å². The molecule has 8 nitrogen and oxygen atoms in total. The Bertz CT molecular complexity index is 1400. The summed E-state index contributed by atoms with van der Waals surface area (Å²) in [5, 5.41) is -0.0502. The largest absolute Gasteiger partial charge is 0.344 e. The summed E-state index contributed by atoms with van der Waals surface area (Å²) in [5.74, 6) is -2.71. The Morgan fingerprint density at radius 1 is 0.980 bits per heavy atom. The Hall–Kier alpha value is -2.53. The molecule has 0 aromatic heterocycles. The second-order valence-electron chi connectivity index (χ2n) is 17.0. The molecule has 0 spiro atoms. The third-order valence-corrected chi connectivity index (χ3v) is 12.5. The summed E-state index contributed by atoms with van der Waals surface area (Å²) >= 11 is 1.14. The van der Waals surface area contributed by atoms with Crippen LogP contribution in [0.1, 0.15) is 106 Å². The zero-order valence-corrected chi connectivity index (χ0v) is 32.1. The van der Waals surface area contributed by atoms with Crippen LogP contribution in [0.5, 0.6) is 0 Å². The van der Waals surface area contributed by atoms with Crippen molar-refractivity contribution in [1.29, 1.82) is 0 Å². The maximum atomic E-state index is 15.3. The zero-order chi connectivity index (χ0) is 36.6. The molecule has 0 radical (unpaired) electrons. The molecule has 2 aliphatic heterocycles. The first-order chi connectivity index (χ1) is 22.7. The number of hydrogen-bond donors (Lipinski definition) is 0. The Morgan fingerprint density at radius 3 is 2.16 bits per heavy atom. The topological polar surface area (TPSA) is 81.2 Å². The quantitative estimate of drug-likeness (QED) is 0.299. The van der Waals surface area contributed by atoms with Gasteiger partial charge < -0.3 is 14.7 Å². The van der Waals surface area contributed by atoms with Gasteiger partial charge in [-0.2, -0.15) is 0 Å². The van der Waals surface area contributed by atoms with Crippen LogP contribution in [0.2, 0.25) is 0 Å². The first-order valence-corrected chi connectivity index (χ1v) is 18.9. The molecule has 3 amide bonds. The fourth-order valence-corrected chi connectivity index (χ4v) is 8.51. The maximum absolute atomic E-state index is 15.3. The Kier molecular flexibility index (Phi) is 12.0. The van der Waals surface area contributed by atoms with Gasteiger partial charge in [-0.05, 0) is 76.8 Å². The number of halogens is 2. The van der Waals surface area contributed by atoms with Gasteiger partial charge in [-0.1, -0.05) is 45.5 Å². The molecule has 3 aliphatic rings. The van der Waals surface area contributed by atoms with Crippen molar-refractivity contribution in [2.24, 2.45) is 16.7 Å². The minimum absolute atomic E-state index is 0.0502. The van der Waals surface area contributed by atoms with Gasteiger partial charge in [-0.3, -0.25) is 24.1 Å². The molecule has 1 aromatic carbocycles. The number of carbonyl (C=O) groups excluding carboxylic acids is 4. The van der Waals surface area contributed by atoms with Crippen LogP contribution in [-0.2, 0) is 19.2 Å². The van der Waals surface area contributed by atoms with E-state index in [0.717, 1.165) is 43.5 Å². The van der Waals surface area contributed by atoms with Crippen molar-refractivity contribution >= 4 is 34.6 Å². The molecule has 0 N–H and O–H groups in total. The van der Waals surface area contributed by atoms with Crippen molar-refractivity contribution in [2.75, 3.05) is 39.0 Å². The van der Waals surface area contributed by atoms with Gasteiger partial charge in [0.2, 0.25) is 17.7 Å². The highest BCUT2D eigenvalue weighted by Crippen LogP contribution is 2.43. The summed E-state index contributed by atoms with van der Waals surface area (Å²) in [6.07, 6.45) is 3.86. The zero-order valence-electron chi connectivity index (χ0n) is 31.3. The molecule has 1 unspecified atom stereocenters. The van der Waals surface area contributed by atoms with Crippen LogP contribution < -0.4 is 0 Å². The second kappa shape index (κ2) is 15.0. The van der Waals surface area contributed by atoms with Crippen LogP contribution in [0.25, 0.3) is 0 Å². The molecular formula is C38H58F2N4O4S. The second-order valence-corrected chi connectivity index (χ2v) is 18.1.